The van der Waals surface area contributed by atoms with Crippen LogP contribution in [-0.2, 0) is 25.6 Å². The van der Waals surface area contributed by atoms with Crippen LogP contribution in [0.3, 0.4) is 0 Å². The first kappa shape index (κ1) is 40.9. The Hall–Kier alpha value is -6.26. The average Bonchev–Trinajstić information content (AvgIpc) is 3.82. The lowest BCUT2D eigenvalue weighted by Crippen LogP contribution is -2.42. The number of ether oxygens (including phenoxy) is 4. The molecule has 17 heteroatoms. The van der Waals surface area contributed by atoms with Gasteiger partial charge in [-0.25, -0.2) is 9.59 Å². The minimum Gasteiger partial charge on any atom is -0.569 e. The molecule has 17 nitrogen and oxygen atoms in total. The number of carbonyl (C=O) groups is 2. The van der Waals surface area contributed by atoms with Crippen LogP contribution in [-0.4, -0.2) is 91.0 Å². The molecule has 0 fully saturated rings. The normalized spacial score (nSPS) is 12.6. The number of benzene rings is 3. The van der Waals surface area contributed by atoms with Crippen LogP contribution < -0.4 is 4.74 Å². The highest BCUT2D eigenvalue weighted by atomic mass is 16.8. The van der Waals surface area contributed by atoms with Gasteiger partial charge in [-0.1, -0.05) is 68.4 Å². The zero-order valence-corrected chi connectivity index (χ0v) is 33.0. The minimum absolute atomic E-state index is 0.0368. The van der Waals surface area contributed by atoms with Crippen molar-refractivity contribution in [2.24, 2.45) is 10.7 Å². The van der Waals surface area contributed by atoms with Crippen molar-refractivity contribution in [3.8, 4) is 28.5 Å². The van der Waals surface area contributed by atoms with Gasteiger partial charge >= 0.3 is 12.1 Å². The molecule has 56 heavy (non-hydrogen) atoms. The molecule has 3 aromatic carbocycles. The maximum absolute atomic E-state index is 13.6. The first-order valence-corrected chi connectivity index (χ1v) is 18.3. The van der Waals surface area contributed by atoms with Crippen molar-refractivity contribution < 1.29 is 38.3 Å². The summed E-state index contributed by atoms with van der Waals surface area (Å²) in [6.07, 6.45) is -1.07. The number of nitrogens with zero attached hydrogens (tertiary/aromatic N) is 8. The van der Waals surface area contributed by atoms with Gasteiger partial charge in [0, 0.05) is 12.5 Å². The predicted octanol–water partition coefficient (Wildman–Crippen LogP) is 7.33. The van der Waals surface area contributed by atoms with E-state index >= 15 is 0 Å². The van der Waals surface area contributed by atoms with Crippen LogP contribution >= 0.6 is 0 Å². The third-order valence-electron chi connectivity index (χ3n) is 8.90. The molecule has 0 radical (unpaired) electrons. The second-order valence-electron chi connectivity index (χ2n) is 14.8. The summed E-state index contributed by atoms with van der Waals surface area (Å²) < 4.78 is 23.9. The third-order valence-corrected chi connectivity index (χ3v) is 8.90. The molecule has 0 spiro atoms. The van der Waals surface area contributed by atoms with Crippen LogP contribution in [0.1, 0.15) is 77.2 Å². The molecule has 1 atom stereocenters. The number of fused-ring (bicyclic) bond motifs is 1. The van der Waals surface area contributed by atoms with Gasteiger partial charge in [-0.05, 0) is 80.0 Å². The van der Waals surface area contributed by atoms with E-state index in [9.17, 15) is 14.8 Å². The highest BCUT2D eigenvalue weighted by Gasteiger charge is 2.26. The first-order chi connectivity index (χ1) is 26.7. The van der Waals surface area contributed by atoms with E-state index in [4.69, 9.17) is 23.8 Å². The van der Waals surface area contributed by atoms with Gasteiger partial charge in [-0.2, -0.15) is 10.2 Å². The Morgan fingerprint density at radius 1 is 1.00 bits per heavy atom. The second-order valence-corrected chi connectivity index (χ2v) is 14.8. The summed E-state index contributed by atoms with van der Waals surface area (Å²) in [6.45, 7) is 13.7. The third kappa shape index (κ3) is 10.5. The number of esters is 1. The minimum atomic E-state index is -1.25. The molecule has 0 amide bonds. The van der Waals surface area contributed by atoms with E-state index in [1.807, 2.05) is 94.6 Å². The first-order valence-electron chi connectivity index (χ1n) is 18.3. The van der Waals surface area contributed by atoms with Crippen molar-refractivity contribution in [1.82, 2.24) is 35.2 Å². The van der Waals surface area contributed by atoms with Crippen molar-refractivity contribution in [2.45, 2.75) is 79.7 Å². The molecule has 1 unspecified atom stereocenters. The molecule has 1 N–H and O–H groups in total. The van der Waals surface area contributed by atoms with Gasteiger partial charge in [0.15, 0.2) is 0 Å². The van der Waals surface area contributed by atoms with Crippen molar-refractivity contribution in [3.05, 3.63) is 83.1 Å². The Kier molecular flexibility index (Phi) is 13.1. The predicted molar refractivity (Wildman–Crippen MR) is 205 cm³/mol. The highest BCUT2D eigenvalue weighted by molar-refractivity contribution is 6.02. The van der Waals surface area contributed by atoms with E-state index in [1.54, 1.807) is 25.2 Å². The molecule has 0 aliphatic carbocycles. The maximum atomic E-state index is 13.6. The molecular weight excluding hydrogens is 722 g/mol. The fourth-order valence-corrected chi connectivity index (χ4v) is 5.64. The van der Waals surface area contributed by atoms with Gasteiger partial charge < -0.3 is 29.0 Å². The number of aromatic nitrogens is 6. The van der Waals surface area contributed by atoms with Crippen molar-refractivity contribution in [1.29, 1.82) is 0 Å². The van der Waals surface area contributed by atoms with E-state index in [0.29, 0.717) is 53.8 Å². The number of carbonyl (C=O) groups excluding carboxylic acids is 2. The SMILES string of the molecule is CCOc1nc2cccc(C(=O)OC(C)OC(=O)OCC(C)(C)CCCO/N=[N+](\[O-])N(C)C(C)(C)C)c2n1Cc1ccc(-c2ccccc2-c2nn[nH]n2)cc1. The molecule has 0 saturated carbocycles. The van der Waals surface area contributed by atoms with E-state index in [2.05, 4.69) is 30.9 Å². The van der Waals surface area contributed by atoms with Crippen LogP contribution in [0.2, 0.25) is 0 Å². The lowest BCUT2D eigenvalue weighted by Gasteiger charge is -2.26. The standard InChI is InChI=1S/C39H49N9O8/c1-9-52-36-40-32-17-12-16-31(33(32)47(36)24-27-18-20-28(21-19-27)29-14-10-11-15-30(29)34-41-43-44-42-34)35(49)55-26(2)56-37(50)53-25-39(6,7)22-13-23-54-45-48(51)46(8)38(3,4)5/h10-12,14-21,26H,9,13,22-25H2,1-8H3,(H,41,42,43,44)/b48-45-. The summed E-state index contributed by atoms with van der Waals surface area (Å²) in [5, 5.41) is 31.5. The summed E-state index contributed by atoms with van der Waals surface area (Å²) in [6, 6.07) is 21.2. The van der Waals surface area contributed by atoms with Crippen LogP contribution in [0.15, 0.2) is 72.0 Å². The number of H-pyrrole nitrogens is 1. The summed E-state index contributed by atoms with van der Waals surface area (Å²) >= 11 is 0. The fraction of sp³-hybridized carbons (Fsp3) is 0.436. The number of rotatable bonds is 17. The summed E-state index contributed by atoms with van der Waals surface area (Å²) in [4.78, 5) is 36.4. The molecule has 0 saturated heterocycles. The van der Waals surface area contributed by atoms with E-state index in [1.165, 1.54) is 11.9 Å². The molecule has 0 aliphatic heterocycles. The number of aromatic amines is 1. The second kappa shape index (κ2) is 17.9. The Bertz CT molecular complexity index is 2110. The quantitative estimate of drug-likeness (QED) is 0.0247. The number of hydrogen-bond donors (Lipinski definition) is 1. The number of para-hydroxylation sites is 1. The van der Waals surface area contributed by atoms with Gasteiger partial charge in [0.25, 0.3) is 6.01 Å². The Morgan fingerprint density at radius 2 is 1.73 bits per heavy atom. The number of nitrogens with one attached hydrogen (secondary N) is 1. The van der Waals surface area contributed by atoms with Crippen molar-refractivity contribution in [3.63, 3.8) is 0 Å². The van der Waals surface area contributed by atoms with Crippen LogP contribution in [0.5, 0.6) is 6.01 Å². The molecule has 2 aromatic heterocycles. The van der Waals surface area contributed by atoms with E-state index in [-0.39, 0.29) is 18.8 Å². The molecule has 5 rings (SSSR count). The Labute approximate surface area is 325 Å². The lowest BCUT2D eigenvalue weighted by molar-refractivity contribution is -0.719. The van der Waals surface area contributed by atoms with Crippen molar-refractivity contribution >= 4 is 23.2 Å². The molecule has 0 aliphatic rings. The summed E-state index contributed by atoms with van der Waals surface area (Å²) in [5.41, 5.74) is 4.09. The lowest BCUT2D eigenvalue weighted by atomic mass is 9.89. The largest absolute Gasteiger partial charge is 0.569 e. The zero-order valence-electron chi connectivity index (χ0n) is 33.0. The van der Waals surface area contributed by atoms with Crippen LogP contribution in [0.4, 0.5) is 4.79 Å². The summed E-state index contributed by atoms with van der Waals surface area (Å²) in [7, 11) is 1.63. The van der Waals surface area contributed by atoms with Gasteiger partial charge in [-0.15, -0.1) is 15.2 Å². The number of imidazole rings is 1. The van der Waals surface area contributed by atoms with Gasteiger partial charge in [-0.3, -0.25) is 4.57 Å². The smallest absolute Gasteiger partial charge is 0.511 e. The number of tetrazole rings is 1. The zero-order chi connectivity index (χ0) is 40.5. The Morgan fingerprint density at radius 3 is 2.41 bits per heavy atom. The highest BCUT2D eigenvalue weighted by Crippen LogP contribution is 2.31. The fourth-order valence-electron chi connectivity index (χ4n) is 5.64. The van der Waals surface area contributed by atoms with Gasteiger partial charge in [0.1, 0.15) is 13.2 Å². The average molecular weight is 772 g/mol. The topological polar surface area (TPSA) is 194 Å². The van der Waals surface area contributed by atoms with E-state index < -0.39 is 29.4 Å². The molecule has 298 valence electrons. The molecule has 2 heterocycles. The Balaban J connectivity index is 1.20. The molecule has 0 bridgehead atoms. The van der Waals surface area contributed by atoms with Crippen LogP contribution in [0, 0.1) is 10.6 Å². The summed E-state index contributed by atoms with van der Waals surface area (Å²) in [5.74, 6) is -0.221. The number of hydrazine groups is 1. The number of hydrogen-bond acceptors (Lipinski definition) is 13. The molecule has 5 aromatic rings. The van der Waals surface area contributed by atoms with Crippen molar-refractivity contribution in [2.75, 3.05) is 26.9 Å². The van der Waals surface area contributed by atoms with Gasteiger partial charge in [0.2, 0.25) is 17.4 Å². The molecular formula is C39H49N9O8. The van der Waals surface area contributed by atoms with Gasteiger partial charge in [0.05, 0.1) is 47.3 Å². The maximum Gasteiger partial charge on any atom is 0.511 e. The monoisotopic (exact) mass is 771 g/mol. The van der Waals surface area contributed by atoms with E-state index in [0.717, 1.165) is 22.3 Å². The van der Waals surface area contributed by atoms with Crippen LogP contribution in [0.25, 0.3) is 33.5 Å².